The molecule has 0 aromatic carbocycles. The second kappa shape index (κ2) is 8.89. The number of fused-ring (bicyclic) bond motifs is 5. The van der Waals surface area contributed by atoms with Crippen LogP contribution in [0.25, 0.3) is 0 Å². The maximum absolute atomic E-state index is 17.4. The highest BCUT2D eigenvalue weighted by atomic mass is 19.1. The molecule has 36 heavy (non-hydrogen) atoms. The number of carbonyl (C=O) groups excluding carboxylic acids is 4. The molecule has 3 fully saturated rings. The number of ether oxygens (including phenoxy) is 2. The van der Waals surface area contributed by atoms with E-state index in [0.717, 1.165) is 0 Å². The van der Waals surface area contributed by atoms with Crippen molar-refractivity contribution < 1.29 is 38.1 Å². The predicted molar refractivity (Wildman–Crippen MR) is 128 cm³/mol. The van der Waals surface area contributed by atoms with Crippen molar-refractivity contribution in [2.45, 2.75) is 90.5 Å². The average Bonchev–Trinajstić information content (AvgIpc) is 3.05. The van der Waals surface area contributed by atoms with Gasteiger partial charge in [-0.15, -0.1) is 0 Å². The van der Waals surface area contributed by atoms with Crippen molar-refractivity contribution in [3.8, 4) is 0 Å². The first-order valence-corrected chi connectivity index (χ1v) is 13.0. The molecule has 7 nitrogen and oxygen atoms in total. The van der Waals surface area contributed by atoms with Crippen molar-refractivity contribution in [1.29, 1.82) is 0 Å². The first-order chi connectivity index (χ1) is 16.8. The average molecular weight is 505 g/mol. The number of ketones is 2. The summed E-state index contributed by atoms with van der Waals surface area (Å²) in [6, 6.07) is 0. The highest BCUT2D eigenvalue weighted by Gasteiger charge is 2.77. The summed E-state index contributed by atoms with van der Waals surface area (Å²) in [5.74, 6) is -3.31. The van der Waals surface area contributed by atoms with Gasteiger partial charge in [-0.3, -0.25) is 19.2 Å². The molecule has 0 saturated heterocycles. The minimum atomic E-state index is -2.05. The van der Waals surface area contributed by atoms with Crippen LogP contribution < -0.4 is 0 Å². The van der Waals surface area contributed by atoms with Gasteiger partial charge in [-0.05, 0) is 50.7 Å². The normalized spacial score (nSPS) is 43.1. The summed E-state index contributed by atoms with van der Waals surface area (Å²) >= 11 is 0. The molecule has 1 N–H and O–H groups in total. The largest absolute Gasteiger partial charge is 0.457 e. The maximum Gasteiger partial charge on any atom is 0.306 e. The number of carbonyl (C=O) groups is 4. The molecule has 0 amide bonds. The van der Waals surface area contributed by atoms with Crippen molar-refractivity contribution in [2.75, 3.05) is 6.61 Å². The SMILES string of the molecule is CCC(=O)OCC(=O)C1(OC(=O)CC)[C@@H](C)C[C@H]2[C@@H]3CCC4=CC(=O)C=C[C@]4(C)[C@@]3(F)[C@@H](O)CC21C. The Morgan fingerprint density at radius 2 is 1.81 bits per heavy atom. The standard InChI is InChI=1S/C28H37FO7/c1-6-23(33)35-15-22(32)28(36-24(34)7-2)16(3)12-20-19-9-8-17-13-18(30)10-11-25(17,4)27(19,29)21(31)14-26(20,28)5/h10-11,13,16,19-21,31H,6-9,12,14-15H2,1-5H3/t16-,19-,20-,21-,25-,26?,27-,28?/m0/s1. The molecule has 0 aliphatic heterocycles. The molecule has 0 bridgehead atoms. The fourth-order valence-electron chi connectivity index (χ4n) is 8.01. The van der Waals surface area contributed by atoms with Crippen LogP contribution in [-0.4, -0.2) is 52.6 Å². The summed E-state index contributed by atoms with van der Waals surface area (Å²) in [7, 11) is 0. The zero-order chi connectivity index (χ0) is 26.7. The van der Waals surface area contributed by atoms with E-state index in [1.54, 1.807) is 33.8 Å². The smallest absolute Gasteiger partial charge is 0.306 e. The Morgan fingerprint density at radius 3 is 2.44 bits per heavy atom. The lowest BCUT2D eigenvalue weighted by Gasteiger charge is -2.62. The van der Waals surface area contributed by atoms with Gasteiger partial charge in [0.1, 0.15) is 0 Å². The molecule has 4 aliphatic rings. The van der Waals surface area contributed by atoms with Gasteiger partial charge in [-0.1, -0.05) is 39.3 Å². The van der Waals surface area contributed by atoms with Gasteiger partial charge in [0.15, 0.2) is 23.7 Å². The third-order valence-corrected chi connectivity index (χ3v) is 9.81. The van der Waals surface area contributed by atoms with Crippen LogP contribution in [0, 0.1) is 28.6 Å². The highest BCUT2D eigenvalue weighted by Crippen LogP contribution is 2.71. The van der Waals surface area contributed by atoms with E-state index in [1.807, 2.05) is 6.92 Å². The van der Waals surface area contributed by atoms with E-state index >= 15 is 4.39 Å². The van der Waals surface area contributed by atoms with E-state index in [1.165, 1.54) is 12.2 Å². The molecular weight excluding hydrogens is 467 g/mol. The fourth-order valence-corrected chi connectivity index (χ4v) is 8.01. The first kappa shape index (κ1) is 26.7. The number of rotatable bonds is 6. The Morgan fingerprint density at radius 1 is 1.14 bits per heavy atom. The highest BCUT2D eigenvalue weighted by molar-refractivity contribution is 6.01. The topological polar surface area (TPSA) is 107 Å². The van der Waals surface area contributed by atoms with Gasteiger partial charge in [-0.2, -0.15) is 0 Å². The van der Waals surface area contributed by atoms with Crippen LogP contribution in [0.2, 0.25) is 0 Å². The van der Waals surface area contributed by atoms with E-state index in [0.29, 0.717) is 24.8 Å². The van der Waals surface area contributed by atoms with Gasteiger partial charge >= 0.3 is 11.9 Å². The Bertz CT molecular complexity index is 1050. The lowest BCUT2D eigenvalue weighted by molar-refractivity contribution is -0.228. The van der Waals surface area contributed by atoms with Gasteiger partial charge in [0.05, 0.1) is 6.10 Å². The van der Waals surface area contributed by atoms with Gasteiger partial charge in [0.25, 0.3) is 0 Å². The van der Waals surface area contributed by atoms with Crippen LogP contribution in [0.4, 0.5) is 4.39 Å². The van der Waals surface area contributed by atoms with Crippen molar-refractivity contribution in [1.82, 2.24) is 0 Å². The number of alkyl halides is 1. The second-order valence-electron chi connectivity index (χ2n) is 11.4. The Hall–Kier alpha value is -2.35. The first-order valence-electron chi connectivity index (χ1n) is 13.0. The van der Waals surface area contributed by atoms with Crippen molar-refractivity contribution in [3.63, 3.8) is 0 Å². The van der Waals surface area contributed by atoms with E-state index < -0.39 is 64.4 Å². The van der Waals surface area contributed by atoms with E-state index in [2.05, 4.69) is 0 Å². The number of aliphatic hydroxyl groups excluding tert-OH is 1. The number of allylic oxidation sites excluding steroid dienone is 4. The van der Waals surface area contributed by atoms with Gasteiger partial charge in [-0.25, -0.2) is 4.39 Å². The molecule has 4 aliphatic carbocycles. The lowest BCUT2D eigenvalue weighted by Crippen LogP contribution is -2.70. The summed E-state index contributed by atoms with van der Waals surface area (Å²) in [6.45, 7) is 8.05. The number of hydrogen-bond acceptors (Lipinski definition) is 7. The minimum absolute atomic E-state index is 0.0430. The number of aliphatic hydroxyl groups is 1. The summed E-state index contributed by atoms with van der Waals surface area (Å²) in [5, 5.41) is 11.5. The number of esters is 2. The molecule has 4 rings (SSSR count). The minimum Gasteiger partial charge on any atom is -0.457 e. The summed E-state index contributed by atoms with van der Waals surface area (Å²) in [6.07, 6.45) is 4.32. The third kappa shape index (κ3) is 3.39. The number of halogens is 1. The Kier molecular flexibility index (Phi) is 6.60. The van der Waals surface area contributed by atoms with Crippen LogP contribution in [0.15, 0.2) is 23.8 Å². The van der Waals surface area contributed by atoms with Crippen LogP contribution in [-0.2, 0) is 28.7 Å². The Labute approximate surface area is 211 Å². The van der Waals surface area contributed by atoms with Crippen LogP contribution in [0.3, 0.4) is 0 Å². The quantitative estimate of drug-likeness (QED) is 0.548. The maximum atomic E-state index is 17.4. The van der Waals surface area contributed by atoms with Crippen molar-refractivity contribution in [3.05, 3.63) is 23.8 Å². The van der Waals surface area contributed by atoms with E-state index in [4.69, 9.17) is 9.47 Å². The fraction of sp³-hybridized carbons (Fsp3) is 0.714. The molecule has 0 spiro atoms. The van der Waals surface area contributed by atoms with Crippen LogP contribution >= 0.6 is 0 Å². The number of Topliss-reactive ketones (excluding diaryl/α,β-unsaturated/α-hetero) is 1. The molecule has 8 atom stereocenters. The van der Waals surface area contributed by atoms with Crippen LogP contribution in [0.1, 0.15) is 73.1 Å². The second-order valence-corrected chi connectivity index (χ2v) is 11.4. The molecule has 0 aromatic heterocycles. The molecule has 0 radical (unpaired) electrons. The van der Waals surface area contributed by atoms with Gasteiger partial charge in [0.2, 0.25) is 5.78 Å². The van der Waals surface area contributed by atoms with E-state index in [-0.39, 0.29) is 31.0 Å². The molecule has 198 valence electrons. The molecule has 0 aromatic rings. The summed E-state index contributed by atoms with van der Waals surface area (Å²) in [5.41, 5.74) is -5.26. The molecular formula is C28H37FO7. The predicted octanol–water partition coefficient (Wildman–Crippen LogP) is 3.82. The van der Waals surface area contributed by atoms with Crippen LogP contribution in [0.5, 0.6) is 0 Å². The summed E-state index contributed by atoms with van der Waals surface area (Å²) in [4.78, 5) is 50.3. The monoisotopic (exact) mass is 504 g/mol. The molecule has 2 unspecified atom stereocenters. The molecule has 3 saturated carbocycles. The zero-order valence-corrected chi connectivity index (χ0v) is 21.8. The molecule has 0 heterocycles. The third-order valence-electron chi connectivity index (χ3n) is 9.81. The molecule has 8 heteroatoms. The number of hydrogen-bond donors (Lipinski definition) is 1. The zero-order valence-electron chi connectivity index (χ0n) is 21.8. The van der Waals surface area contributed by atoms with Crippen molar-refractivity contribution in [2.24, 2.45) is 28.6 Å². The van der Waals surface area contributed by atoms with Crippen molar-refractivity contribution >= 4 is 23.5 Å². The van der Waals surface area contributed by atoms with Gasteiger partial charge in [0, 0.05) is 35.5 Å². The van der Waals surface area contributed by atoms with Gasteiger partial charge < -0.3 is 14.6 Å². The summed E-state index contributed by atoms with van der Waals surface area (Å²) < 4.78 is 28.5. The lowest BCUT2D eigenvalue weighted by atomic mass is 9.44. The van der Waals surface area contributed by atoms with E-state index in [9.17, 15) is 24.3 Å². The Balaban J connectivity index is 1.80.